The van der Waals surface area contributed by atoms with Gasteiger partial charge in [0.1, 0.15) is 29.7 Å². The number of hydrogen-bond acceptors (Lipinski definition) is 5. The van der Waals surface area contributed by atoms with Crippen molar-refractivity contribution >= 4 is 5.91 Å². The molecule has 3 aromatic rings. The average Bonchev–Trinajstić information content (AvgIpc) is 3.29. The van der Waals surface area contributed by atoms with E-state index in [1.807, 2.05) is 0 Å². The van der Waals surface area contributed by atoms with E-state index in [0.29, 0.717) is 41.5 Å². The van der Waals surface area contributed by atoms with Crippen LogP contribution in [0.3, 0.4) is 0 Å². The Labute approximate surface area is 160 Å². The van der Waals surface area contributed by atoms with E-state index in [1.165, 1.54) is 18.5 Å². The molecule has 28 heavy (non-hydrogen) atoms. The molecule has 1 saturated carbocycles. The van der Waals surface area contributed by atoms with Crippen LogP contribution in [0.4, 0.5) is 4.39 Å². The molecule has 2 N–H and O–H groups in total. The number of H-pyrrole nitrogens is 1. The van der Waals surface area contributed by atoms with Crippen LogP contribution in [-0.2, 0) is 6.42 Å². The number of amides is 1. The molecule has 7 nitrogen and oxygen atoms in total. The summed E-state index contributed by atoms with van der Waals surface area (Å²) in [7, 11) is 0. The summed E-state index contributed by atoms with van der Waals surface area (Å²) in [6.07, 6.45) is 7.19. The fraction of sp³-hybridized carbons (Fsp3) is 0.300. The standard InChI is InChI=1S/C20H18FN5O2/c21-14-3-12-4-15(28-19(12)16(5-14)13-7-22-10-23-8-13)9-24-20(27)18-6-17(25-26-18)11-1-2-11/h3,5-8,10-11,15H,1-2,4,9H2,(H,24,27)(H,25,26)/t15-/m0/s1. The molecule has 0 bridgehead atoms. The van der Waals surface area contributed by atoms with Gasteiger partial charge in [-0.2, -0.15) is 5.10 Å². The number of aromatic amines is 1. The van der Waals surface area contributed by atoms with Gasteiger partial charge >= 0.3 is 0 Å². The van der Waals surface area contributed by atoms with E-state index in [2.05, 4.69) is 25.5 Å². The van der Waals surface area contributed by atoms with Crippen molar-refractivity contribution in [2.24, 2.45) is 0 Å². The molecule has 0 spiro atoms. The summed E-state index contributed by atoms with van der Waals surface area (Å²) in [5, 5.41) is 9.87. The van der Waals surface area contributed by atoms with Gasteiger partial charge in [0.15, 0.2) is 0 Å². The number of hydrogen-bond donors (Lipinski definition) is 2. The summed E-state index contributed by atoms with van der Waals surface area (Å²) >= 11 is 0. The highest BCUT2D eigenvalue weighted by atomic mass is 19.1. The number of carbonyl (C=O) groups excluding carboxylic acids is 1. The van der Waals surface area contributed by atoms with Crippen LogP contribution >= 0.6 is 0 Å². The highest BCUT2D eigenvalue weighted by Gasteiger charge is 2.29. The number of benzene rings is 1. The lowest BCUT2D eigenvalue weighted by Crippen LogP contribution is -2.34. The van der Waals surface area contributed by atoms with Gasteiger partial charge in [-0.1, -0.05) is 0 Å². The van der Waals surface area contributed by atoms with Crippen LogP contribution in [0, 0.1) is 5.82 Å². The fourth-order valence-corrected chi connectivity index (χ4v) is 3.51. The number of aromatic nitrogens is 4. The van der Waals surface area contributed by atoms with Crippen molar-refractivity contribution in [1.82, 2.24) is 25.5 Å². The molecule has 1 aliphatic heterocycles. The van der Waals surface area contributed by atoms with Crippen molar-refractivity contribution in [1.29, 1.82) is 0 Å². The monoisotopic (exact) mass is 379 g/mol. The molecule has 1 aliphatic carbocycles. The number of rotatable bonds is 5. The third-order valence-corrected chi connectivity index (χ3v) is 5.07. The average molecular weight is 379 g/mol. The van der Waals surface area contributed by atoms with Gasteiger partial charge in [0.25, 0.3) is 5.91 Å². The van der Waals surface area contributed by atoms with Crippen molar-refractivity contribution < 1.29 is 13.9 Å². The maximum Gasteiger partial charge on any atom is 0.271 e. The van der Waals surface area contributed by atoms with E-state index < -0.39 is 0 Å². The zero-order valence-corrected chi connectivity index (χ0v) is 15.0. The first-order valence-corrected chi connectivity index (χ1v) is 9.25. The molecule has 3 heterocycles. The molecule has 1 aromatic carbocycles. The first-order valence-electron chi connectivity index (χ1n) is 9.25. The number of ether oxygens (including phenoxy) is 1. The fourth-order valence-electron chi connectivity index (χ4n) is 3.51. The van der Waals surface area contributed by atoms with E-state index in [-0.39, 0.29) is 17.8 Å². The van der Waals surface area contributed by atoms with Gasteiger partial charge in [-0.05, 0) is 31.0 Å². The summed E-state index contributed by atoms with van der Waals surface area (Å²) in [5.74, 6) is 0.545. The second kappa shape index (κ2) is 6.70. The second-order valence-electron chi connectivity index (χ2n) is 7.21. The minimum absolute atomic E-state index is 0.245. The predicted octanol–water partition coefficient (Wildman–Crippen LogP) is 2.62. The smallest absolute Gasteiger partial charge is 0.271 e. The number of nitrogens with zero attached hydrogens (tertiary/aromatic N) is 3. The maximum absolute atomic E-state index is 14.1. The van der Waals surface area contributed by atoms with Crippen LogP contribution in [0.2, 0.25) is 0 Å². The Kier molecular flexibility index (Phi) is 4.03. The normalized spacial score (nSPS) is 17.8. The van der Waals surface area contributed by atoms with Crippen LogP contribution < -0.4 is 10.1 Å². The Morgan fingerprint density at radius 1 is 1.25 bits per heavy atom. The molecular formula is C20H18FN5O2. The minimum atomic E-state index is -0.338. The molecule has 1 amide bonds. The topological polar surface area (TPSA) is 92.8 Å². The first-order chi connectivity index (χ1) is 13.7. The Balaban J connectivity index is 1.28. The molecule has 0 saturated heterocycles. The van der Waals surface area contributed by atoms with Gasteiger partial charge < -0.3 is 10.1 Å². The highest BCUT2D eigenvalue weighted by molar-refractivity contribution is 5.92. The SMILES string of the molecule is O=C(NC[C@@H]1Cc2cc(F)cc(-c3cncnc3)c2O1)c1cc(C2CC2)[nH]n1. The third-order valence-electron chi connectivity index (χ3n) is 5.07. The first kappa shape index (κ1) is 16.9. The van der Waals surface area contributed by atoms with E-state index in [9.17, 15) is 9.18 Å². The highest BCUT2D eigenvalue weighted by Crippen LogP contribution is 2.40. The van der Waals surface area contributed by atoms with Crippen molar-refractivity contribution in [3.05, 3.63) is 59.7 Å². The lowest BCUT2D eigenvalue weighted by Gasteiger charge is -2.13. The van der Waals surface area contributed by atoms with E-state index in [0.717, 1.165) is 24.1 Å². The quantitative estimate of drug-likeness (QED) is 0.711. The molecule has 5 rings (SSSR count). The zero-order valence-electron chi connectivity index (χ0n) is 15.0. The molecule has 1 atom stereocenters. The van der Waals surface area contributed by atoms with Crippen LogP contribution in [0.5, 0.6) is 5.75 Å². The van der Waals surface area contributed by atoms with E-state index >= 15 is 0 Å². The largest absolute Gasteiger partial charge is 0.487 e. The summed E-state index contributed by atoms with van der Waals surface area (Å²) in [6, 6.07) is 4.70. The number of carbonyl (C=O) groups is 1. The summed E-state index contributed by atoms with van der Waals surface area (Å²) in [6.45, 7) is 0.311. The number of nitrogens with one attached hydrogen (secondary N) is 2. The number of halogens is 1. The summed E-state index contributed by atoms with van der Waals surface area (Å²) in [4.78, 5) is 20.3. The summed E-state index contributed by atoms with van der Waals surface area (Å²) in [5.41, 5.74) is 3.47. The van der Waals surface area contributed by atoms with Crippen LogP contribution in [-0.4, -0.2) is 38.7 Å². The molecule has 8 heteroatoms. The molecular weight excluding hydrogens is 361 g/mol. The van der Waals surface area contributed by atoms with Gasteiger partial charge in [-0.3, -0.25) is 9.89 Å². The van der Waals surface area contributed by atoms with Gasteiger partial charge in [-0.25, -0.2) is 14.4 Å². The van der Waals surface area contributed by atoms with Gasteiger partial charge in [0, 0.05) is 47.1 Å². The van der Waals surface area contributed by atoms with Crippen LogP contribution in [0.25, 0.3) is 11.1 Å². The minimum Gasteiger partial charge on any atom is -0.487 e. The molecule has 0 unspecified atom stereocenters. The van der Waals surface area contributed by atoms with Crippen molar-refractivity contribution in [3.8, 4) is 16.9 Å². The van der Waals surface area contributed by atoms with E-state index in [4.69, 9.17) is 4.74 Å². The van der Waals surface area contributed by atoms with Gasteiger partial charge in [0.2, 0.25) is 0 Å². The van der Waals surface area contributed by atoms with E-state index in [1.54, 1.807) is 18.5 Å². The molecule has 0 radical (unpaired) electrons. The zero-order chi connectivity index (χ0) is 19.1. The maximum atomic E-state index is 14.1. The second-order valence-corrected chi connectivity index (χ2v) is 7.21. The molecule has 2 aromatic heterocycles. The molecule has 142 valence electrons. The lowest BCUT2D eigenvalue weighted by molar-refractivity contribution is 0.0928. The van der Waals surface area contributed by atoms with Crippen LogP contribution in [0.1, 0.15) is 40.5 Å². The van der Waals surface area contributed by atoms with Gasteiger partial charge in [0.05, 0.1) is 6.54 Å². The Morgan fingerprint density at radius 2 is 2.07 bits per heavy atom. The van der Waals surface area contributed by atoms with Gasteiger partial charge in [-0.15, -0.1) is 0 Å². The lowest BCUT2D eigenvalue weighted by atomic mass is 10.0. The molecule has 2 aliphatic rings. The predicted molar refractivity (Wildman–Crippen MR) is 98.4 cm³/mol. The molecule has 1 fully saturated rings. The Bertz CT molecular complexity index is 1030. The van der Waals surface area contributed by atoms with Crippen LogP contribution in [0.15, 0.2) is 36.9 Å². The third kappa shape index (κ3) is 3.21. The van der Waals surface area contributed by atoms with Crippen molar-refractivity contribution in [2.45, 2.75) is 31.3 Å². The Morgan fingerprint density at radius 3 is 2.86 bits per heavy atom. The van der Waals surface area contributed by atoms with Crippen molar-refractivity contribution in [2.75, 3.05) is 6.54 Å². The summed E-state index contributed by atoms with van der Waals surface area (Å²) < 4.78 is 20.1. The number of fused-ring (bicyclic) bond motifs is 1. The van der Waals surface area contributed by atoms with Crippen molar-refractivity contribution in [3.63, 3.8) is 0 Å². The Hall–Kier alpha value is -3.29.